The van der Waals surface area contributed by atoms with E-state index in [0.717, 1.165) is 10.0 Å². The smallest absolute Gasteiger partial charge is 0.171 e. The van der Waals surface area contributed by atoms with Crippen molar-refractivity contribution in [1.82, 2.24) is 0 Å². The van der Waals surface area contributed by atoms with E-state index in [4.69, 9.17) is 14.6 Å². The molecule has 0 aliphatic carbocycles. The zero-order chi connectivity index (χ0) is 12.1. The van der Waals surface area contributed by atoms with Crippen molar-refractivity contribution in [2.24, 2.45) is 0 Å². The zero-order valence-electron chi connectivity index (χ0n) is 9.12. The molecular formula is C11H13BrO4. The first-order chi connectivity index (χ1) is 7.69. The SMILES string of the molecule is COc1c(C=O)cc(Br)c(CCO)c1OC. The molecule has 0 aliphatic rings. The number of aldehydes is 1. The van der Waals surface area contributed by atoms with Crippen molar-refractivity contribution in [1.29, 1.82) is 0 Å². The molecule has 0 radical (unpaired) electrons. The van der Waals surface area contributed by atoms with Crippen LogP contribution in [0, 0.1) is 0 Å². The van der Waals surface area contributed by atoms with Crippen molar-refractivity contribution in [3.8, 4) is 11.5 Å². The number of halogens is 1. The van der Waals surface area contributed by atoms with Crippen LogP contribution in [-0.2, 0) is 6.42 Å². The van der Waals surface area contributed by atoms with Crippen molar-refractivity contribution >= 4 is 22.2 Å². The van der Waals surface area contributed by atoms with E-state index < -0.39 is 0 Å². The predicted octanol–water partition coefficient (Wildman–Crippen LogP) is 1.81. The standard InChI is InChI=1S/C11H13BrO4/c1-15-10-7(6-14)5-9(12)8(3-4-13)11(10)16-2/h5-6,13H,3-4H2,1-2H3. The molecule has 1 N–H and O–H groups in total. The maximum absolute atomic E-state index is 10.9. The van der Waals surface area contributed by atoms with Crippen molar-refractivity contribution in [2.45, 2.75) is 6.42 Å². The van der Waals surface area contributed by atoms with Gasteiger partial charge in [-0.2, -0.15) is 0 Å². The molecule has 0 atom stereocenters. The highest BCUT2D eigenvalue weighted by atomic mass is 79.9. The molecule has 0 saturated heterocycles. The molecule has 16 heavy (non-hydrogen) atoms. The molecular weight excluding hydrogens is 276 g/mol. The lowest BCUT2D eigenvalue weighted by molar-refractivity contribution is 0.112. The minimum atomic E-state index is -0.00144. The van der Waals surface area contributed by atoms with Gasteiger partial charge in [-0.05, 0) is 6.07 Å². The van der Waals surface area contributed by atoms with E-state index in [1.54, 1.807) is 6.07 Å². The van der Waals surface area contributed by atoms with E-state index in [0.29, 0.717) is 29.8 Å². The topological polar surface area (TPSA) is 55.8 Å². The number of carbonyl (C=O) groups excluding carboxylic acids is 1. The van der Waals surface area contributed by atoms with E-state index in [1.165, 1.54) is 14.2 Å². The highest BCUT2D eigenvalue weighted by molar-refractivity contribution is 9.10. The van der Waals surface area contributed by atoms with Gasteiger partial charge in [-0.15, -0.1) is 0 Å². The molecule has 0 bridgehead atoms. The molecule has 0 heterocycles. The number of carbonyl (C=O) groups is 1. The average Bonchev–Trinajstić information content (AvgIpc) is 2.30. The molecule has 4 nitrogen and oxygen atoms in total. The number of benzene rings is 1. The van der Waals surface area contributed by atoms with Crippen LogP contribution in [0.5, 0.6) is 11.5 Å². The molecule has 0 spiro atoms. The van der Waals surface area contributed by atoms with Gasteiger partial charge in [0.05, 0.1) is 19.8 Å². The van der Waals surface area contributed by atoms with Gasteiger partial charge >= 0.3 is 0 Å². The molecule has 0 aliphatic heterocycles. The number of aliphatic hydroxyl groups is 1. The van der Waals surface area contributed by atoms with Crippen LogP contribution < -0.4 is 9.47 Å². The maximum atomic E-state index is 10.9. The third-order valence-corrected chi connectivity index (χ3v) is 2.92. The van der Waals surface area contributed by atoms with Gasteiger partial charge in [0.25, 0.3) is 0 Å². The fraction of sp³-hybridized carbons (Fsp3) is 0.364. The minimum Gasteiger partial charge on any atom is -0.493 e. The third kappa shape index (κ3) is 2.36. The third-order valence-electron chi connectivity index (χ3n) is 2.21. The molecule has 0 fully saturated rings. The van der Waals surface area contributed by atoms with E-state index in [9.17, 15) is 4.79 Å². The predicted molar refractivity (Wildman–Crippen MR) is 63.4 cm³/mol. The summed E-state index contributed by atoms with van der Waals surface area (Å²) in [5.74, 6) is 0.872. The Bertz CT molecular complexity index is 390. The zero-order valence-corrected chi connectivity index (χ0v) is 10.7. The van der Waals surface area contributed by atoms with Gasteiger partial charge in [0, 0.05) is 23.1 Å². The van der Waals surface area contributed by atoms with Gasteiger partial charge < -0.3 is 14.6 Å². The Morgan fingerprint density at radius 2 is 2.00 bits per heavy atom. The summed E-state index contributed by atoms with van der Waals surface area (Å²) in [4.78, 5) is 10.9. The fourth-order valence-corrected chi connectivity index (χ4v) is 2.15. The first-order valence-electron chi connectivity index (χ1n) is 4.69. The first-order valence-corrected chi connectivity index (χ1v) is 5.48. The second-order valence-corrected chi connectivity index (χ2v) is 3.94. The fourth-order valence-electron chi connectivity index (χ4n) is 1.52. The van der Waals surface area contributed by atoms with Crippen LogP contribution in [0.4, 0.5) is 0 Å². The number of ether oxygens (including phenoxy) is 2. The quantitative estimate of drug-likeness (QED) is 0.840. The second kappa shape index (κ2) is 5.86. The summed E-state index contributed by atoms with van der Waals surface area (Å²) >= 11 is 3.34. The Kier molecular flexibility index (Phi) is 4.76. The summed E-state index contributed by atoms with van der Waals surface area (Å²) in [5, 5.41) is 8.97. The number of rotatable bonds is 5. The summed E-state index contributed by atoms with van der Waals surface area (Å²) in [7, 11) is 2.97. The molecule has 1 aromatic rings. The van der Waals surface area contributed by atoms with Gasteiger partial charge in [-0.1, -0.05) is 15.9 Å². The number of hydrogen-bond donors (Lipinski definition) is 1. The van der Waals surface area contributed by atoms with Crippen molar-refractivity contribution in [3.63, 3.8) is 0 Å². The molecule has 0 amide bonds. The number of aliphatic hydroxyl groups excluding tert-OH is 1. The summed E-state index contributed by atoms with van der Waals surface area (Å²) in [6.07, 6.45) is 1.13. The van der Waals surface area contributed by atoms with Gasteiger partial charge in [-0.25, -0.2) is 0 Å². The average molecular weight is 289 g/mol. The monoisotopic (exact) mass is 288 g/mol. The van der Waals surface area contributed by atoms with Crippen LogP contribution in [0.3, 0.4) is 0 Å². The molecule has 1 aromatic carbocycles. The lowest BCUT2D eigenvalue weighted by Crippen LogP contribution is -2.02. The van der Waals surface area contributed by atoms with Gasteiger partial charge in [0.1, 0.15) is 0 Å². The first kappa shape index (κ1) is 13.0. The number of methoxy groups -OCH3 is 2. The van der Waals surface area contributed by atoms with Crippen LogP contribution in [0.15, 0.2) is 10.5 Å². The normalized spacial score (nSPS) is 10.0. The summed E-state index contributed by atoms with van der Waals surface area (Å²) < 4.78 is 11.1. The molecule has 5 heteroatoms. The highest BCUT2D eigenvalue weighted by Crippen LogP contribution is 2.38. The summed E-state index contributed by atoms with van der Waals surface area (Å²) in [6.45, 7) is -0.00144. The van der Waals surface area contributed by atoms with Crippen molar-refractivity contribution < 1.29 is 19.4 Å². The largest absolute Gasteiger partial charge is 0.493 e. The van der Waals surface area contributed by atoms with Gasteiger partial charge in [0.15, 0.2) is 17.8 Å². The van der Waals surface area contributed by atoms with Crippen LogP contribution in [-0.4, -0.2) is 32.2 Å². The van der Waals surface area contributed by atoms with Gasteiger partial charge in [0.2, 0.25) is 0 Å². The van der Waals surface area contributed by atoms with Crippen molar-refractivity contribution in [2.75, 3.05) is 20.8 Å². The van der Waals surface area contributed by atoms with Gasteiger partial charge in [-0.3, -0.25) is 4.79 Å². The van der Waals surface area contributed by atoms with Crippen LogP contribution in [0.2, 0.25) is 0 Å². The summed E-state index contributed by atoms with van der Waals surface area (Å²) in [6, 6.07) is 1.65. The van der Waals surface area contributed by atoms with Crippen LogP contribution in [0.25, 0.3) is 0 Å². The van der Waals surface area contributed by atoms with Crippen LogP contribution in [0.1, 0.15) is 15.9 Å². The molecule has 0 unspecified atom stereocenters. The lowest BCUT2D eigenvalue weighted by Gasteiger charge is -2.15. The Morgan fingerprint density at radius 3 is 2.44 bits per heavy atom. The molecule has 88 valence electrons. The van der Waals surface area contributed by atoms with E-state index in [2.05, 4.69) is 15.9 Å². The molecule has 1 rings (SSSR count). The molecule has 0 saturated carbocycles. The number of hydrogen-bond acceptors (Lipinski definition) is 4. The highest BCUT2D eigenvalue weighted by Gasteiger charge is 2.17. The Hall–Kier alpha value is -1.07. The Labute approximate surface area is 102 Å². The lowest BCUT2D eigenvalue weighted by atomic mass is 10.1. The van der Waals surface area contributed by atoms with E-state index in [-0.39, 0.29) is 6.61 Å². The summed E-state index contributed by atoms with van der Waals surface area (Å²) in [5.41, 5.74) is 1.19. The molecule has 0 aromatic heterocycles. The Morgan fingerprint density at radius 1 is 1.38 bits per heavy atom. The second-order valence-electron chi connectivity index (χ2n) is 3.08. The maximum Gasteiger partial charge on any atom is 0.171 e. The van der Waals surface area contributed by atoms with E-state index in [1.807, 2.05) is 0 Å². The van der Waals surface area contributed by atoms with E-state index >= 15 is 0 Å². The van der Waals surface area contributed by atoms with Crippen LogP contribution >= 0.6 is 15.9 Å². The minimum absolute atomic E-state index is 0.00144. The van der Waals surface area contributed by atoms with Crippen molar-refractivity contribution in [3.05, 3.63) is 21.7 Å². The Balaban J connectivity index is 3.44.